The molecule has 0 saturated carbocycles. The molecule has 0 bridgehead atoms. The first kappa shape index (κ1) is 15.7. The fourth-order valence-corrected chi connectivity index (χ4v) is 1.74. The Morgan fingerprint density at radius 2 is 1.91 bits per heavy atom. The molecule has 0 radical (unpaired) electrons. The van der Waals surface area contributed by atoms with Crippen molar-refractivity contribution in [1.29, 1.82) is 0 Å². The van der Waals surface area contributed by atoms with E-state index in [1.807, 2.05) is 0 Å². The molecule has 2 aromatic rings. The van der Waals surface area contributed by atoms with Crippen LogP contribution < -0.4 is 5.56 Å². The number of halogens is 3. The van der Waals surface area contributed by atoms with Crippen LogP contribution in [-0.4, -0.2) is 22.8 Å². The minimum absolute atomic E-state index is 0.0935. The predicted octanol–water partition coefficient (Wildman–Crippen LogP) is 2.63. The van der Waals surface area contributed by atoms with Gasteiger partial charge in [-0.3, -0.25) is 4.79 Å². The van der Waals surface area contributed by atoms with E-state index in [2.05, 4.69) is 10.2 Å². The van der Waals surface area contributed by atoms with Gasteiger partial charge in [-0.05, 0) is 25.1 Å². The maximum absolute atomic E-state index is 12.5. The summed E-state index contributed by atoms with van der Waals surface area (Å²) in [5.41, 5.74) is -1.29. The van der Waals surface area contributed by atoms with Crippen molar-refractivity contribution < 1.29 is 22.7 Å². The van der Waals surface area contributed by atoms with E-state index in [0.717, 1.165) is 12.1 Å². The molecule has 5 nitrogen and oxygen atoms in total. The fraction of sp³-hybridized carbons (Fsp3) is 0.214. The molecule has 1 aromatic heterocycles. The summed E-state index contributed by atoms with van der Waals surface area (Å²) in [6.07, 6.45) is -4.44. The van der Waals surface area contributed by atoms with Crippen molar-refractivity contribution in [2.24, 2.45) is 0 Å². The lowest BCUT2D eigenvalue weighted by Gasteiger charge is -2.07. The summed E-state index contributed by atoms with van der Waals surface area (Å²) in [5, 5.41) is 5.84. The standard InChI is InChI=1S/C14H11F3N2O3/c1-2-22-13(21)10-7-11(18-19-12(10)20)8-3-5-9(6-4-8)14(15,16)17/h3-7H,2H2,1H3,(H,19,20). The van der Waals surface area contributed by atoms with Crippen LogP contribution in [0.4, 0.5) is 13.2 Å². The molecule has 1 N–H and O–H groups in total. The van der Waals surface area contributed by atoms with Crippen LogP contribution in [0.2, 0.25) is 0 Å². The molecule has 1 aromatic carbocycles. The van der Waals surface area contributed by atoms with Crippen molar-refractivity contribution in [3.63, 3.8) is 0 Å². The number of ether oxygens (including phenoxy) is 1. The number of benzene rings is 1. The van der Waals surface area contributed by atoms with Crippen LogP contribution in [0.15, 0.2) is 35.1 Å². The summed E-state index contributed by atoms with van der Waals surface area (Å²) in [5.74, 6) is -0.820. The average molecular weight is 312 g/mol. The Bertz CT molecular complexity index is 736. The van der Waals surface area contributed by atoms with Gasteiger partial charge in [0.2, 0.25) is 0 Å². The molecule has 0 aliphatic rings. The van der Waals surface area contributed by atoms with E-state index in [-0.39, 0.29) is 17.9 Å². The van der Waals surface area contributed by atoms with Crippen LogP contribution >= 0.6 is 0 Å². The lowest BCUT2D eigenvalue weighted by molar-refractivity contribution is -0.137. The number of alkyl halides is 3. The highest BCUT2D eigenvalue weighted by Crippen LogP contribution is 2.30. The van der Waals surface area contributed by atoms with Crippen LogP contribution in [-0.2, 0) is 10.9 Å². The lowest BCUT2D eigenvalue weighted by Crippen LogP contribution is -2.21. The topological polar surface area (TPSA) is 72.0 Å². The van der Waals surface area contributed by atoms with Gasteiger partial charge in [-0.15, -0.1) is 0 Å². The number of nitrogens with zero attached hydrogens (tertiary/aromatic N) is 1. The number of rotatable bonds is 3. The summed E-state index contributed by atoms with van der Waals surface area (Å²) in [6.45, 7) is 1.68. The van der Waals surface area contributed by atoms with Crippen LogP contribution in [0.1, 0.15) is 22.8 Å². The zero-order valence-electron chi connectivity index (χ0n) is 11.4. The van der Waals surface area contributed by atoms with Gasteiger partial charge in [-0.1, -0.05) is 12.1 Å². The van der Waals surface area contributed by atoms with Gasteiger partial charge in [0.05, 0.1) is 17.9 Å². The molecule has 22 heavy (non-hydrogen) atoms. The molecule has 0 aliphatic carbocycles. The molecule has 0 unspecified atom stereocenters. The molecular formula is C14H11F3N2O3. The Morgan fingerprint density at radius 3 is 2.45 bits per heavy atom. The van der Waals surface area contributed by atoms with Crippen LogP contribution in [0.5, 0.6) is 0 Å². The number of aromatic nitrogens is 2. The van der Waals surface area contributed by atoms with Crippen LogP contribution in [0, 0.1) is 0 Å². The normalized spacial score (nSPS) is 11.3. The summed E-state index contributed by atoms with van der Waals surface area (Å²) >= 11 is 0. The van der Waals surface area contributed by atoms with Gasteiger partial charge in [0.15, 0.2) is 0 Å². The number of aromatic amines is 1. The third-order valence-corrected chi connectivity index (χ3v) is 2.81. The van der Waals surface area contributed by atoms with Gasteiger partial charge < -0.3 is 4.74 Å². The predicted molar refractivity (Wildman–Crippen MR) is 71.3 cm³/mol. The maximum atomic E-state index is 12.5. The second kappa shape index (κ2) is 6.00. The Hall–Kier alpha value is -2.64. The van der Waals surface area contributed by atoms with Crippen molar-refractivity contribution in [2.45, 2.75) is 13.1 Å². The van der Waals surface area contributed by atoms with Crippen molar-refractivity contribution in [3.8, 4) is 11.3 Å². The third kappa shape index (κ3) is 3.33. The number of carbonyl (C=O) groups excluding carboxylic acids is 1. The van der Waals surface area contributed by atoms with Gasteiger partial charge in [-0.2, -0.15) is 18.3 Å². The van der Waals surface area contributed by atoms with E-state index >= 15 is 0 Å². The molecule has 0 atom stereocenters. The second-order valence-corrected chi connectivity index (χ2v) is 4.29. The Balaban J connectivity index is 2.39. The summed E-state index contributed by atoms with van der Waals surface area (Å²) in [4.78, 5) is 23.2. The Kier molecular flexibility index (Phi) is 4.30. The van der Waals surface area contributed by atoms with Gasteiger partial charge in [-0.25, -0.2) is 9.89 Å². The van der Waals surface area contributed by atoms with Gasteiger partial charge >= 0.3 is 12.1 Å². The van der Waals surface area contributed by atoms with Crippen molar-refractivity contribution in [3.05, 3.63) is 51.8 Å². The average Bonchev–Trinajstić information content (AvgIpc) is 2.47. The van der Waals surface area contributed by atoms with E-state index in [4.69, 9.17) is 4.74 Å². The molecule has 1 heterocycles. The van der Waals surface area contributed by atoms with Gasteiger partial charge in [0, 0.05) is 5.56 Å². The fourth-order valence-electron chi connectivity index (χ4n) is 1.74. The molecular weight excluding hydrogens is 301 g/mol. The number of H-pyrrole nitrogens is 1. The van der Waals surface area contributed by atoms with Crippen LogP contribution in [0.25, 0.3) is 11.3 Å². The zero-order valence-corrected chi connectivity index (χ0v) is 11.4. The summed E-state index contributed by atoms with van der Waals surface area (Å²) in [7, 11) is 0. The van der Waals surface area contributed by atoms with Crippen molar-refractivity contribution in [2.75, 3.05) is 6.61 Å². The highest BCUT2D eigenvalue weighted by molar-refractivity contribution is 5.90. The molecule has 0 amide bonds. The SMILES string of the molecule is CCOC(=O)c1cc(-c2ccc(C(F)(F)F)cc2)n[nH]c1=O. The summed E-state index contributed by atoms with van der Waals surface area (Å²) < 4.78 is 42.2. The summed E-state index contributed by atoms with van der Waals surface area (Å²) in [6, 6.07) is 5.38. The number of carbonyl (C=O) groups is 1. The molecule has 0 spiro atoms. The maximum Gasteiger partial charge on any atom is 0.416 e. The Labute approximate surface area is 122 Å². The van der Waals surface area contributed by atoms with E-state index in [9.17, 15) is 22.8 Å². The lowest BCUT2D eigenvalue weighted by atomic mass is 10.1. The highest BCUT2D eigenvalue weighted by Gasteiger charge is 2.30. The minimum Gasteiger partial charge on any atom is -0.462 e. The first-order chi connectivity index (χ1) is 10.3. The second-order valence-electron chi connectivity index (χ2n) is 4.29. The molecule has 8 heteroatoms. The number of nitrogens with one attached hydrogen (secondary N) is 1. The first-order valence-corrected chi connectivity index (χ1v) is 6.27. The zero-order chi connectivity index (χ0) is 16.3. The highest BCUT2D eigenvalue weighted by atomic mass is 19.4. The minimum atomic E-state index is -4.44. The van der Waals surface area contributed by atoms with E-state index in [0.29, 0.717) is 5.56 Å². The van der Waals surface area contributed by atoms with Crippen molar-refractivity contribution >= 4 is 5.97 Å². The molecule has 0 fully saturated rings. The van der Waals surface area contributed by atoms with E-state index in [1.165, 1.54) is 18.2 Å². The quantitative estimate of drug-likeness (QED) is 0.884. The number of esters is 1. The first-order valence-electron chi connectivity index (χ1n) is 6.27. The van der Waals surface area contributed by atoms with Crippen LogP contribution in [0.3, 0.4) is 0 Å². The van der Waals surface area contributed by atoms with Crippen molar-refractivity contribution in [1.82, 2.24) is 10.2 Å². The molecule has 116 valence electrons. The molecule has 2 rings (SSSR count). The smallest absolute Gasteiger partial charge is 0.416 e. The monoisotopic (exact) mass is 312 g/mol. The van der Waals surface area contributed by atoms with E-state index in [1.54, 1.807) is 6.92 Å². The third-order valence-electron chi connectivity index (χ3n) is 2.81. The van der Waals surface area contributed by atoms with Gasteiger partial charge in [0.1, 0.15) is 5.56 Å². The van der Waals surface area contributed by atoms with Gasteiger partial charge in [0.25, 0.3) is 5.56 Å². The number of hydrogen-bond acceptors (Lipinski definition) is 4. The largest absolute Gasteiger partial charge is 0.462 e. The number of hydrogen-bond donors (Lipinski definition) is 1. The molecule has 0 saturated heterocycles. The van der Waals surface area contributed by atoms with E-state index < -0.39 is 23.3 Å². The Morgan fingerprint density at radius 1 is 1.27 bits per heavy atom. The molecule has 0 aliphatic heterocycles.